The van der Waals surface area contributed by atoms with Gasteiger partial charge in [0.05, 0.1) is 12.8 Å². The molecule has 0 aromatic carbocycles. The molecule has 0 aliphatic heterocycles. The summed E-state index contributed by atoms with van der Waals surface area (Å²) in [7, 11) is 1.59. The summed E-state index contributed by atoms with van der Waals surface area (Å²) in [5.41, 5.74) is 6.17. The van der Waals surface area contributed by atoms with Crippen LogP contribution in [-0.2, 0) is 4.74 Å². The third-order valence-corrected chi connectivity index (χ3v) is 2.64. The molecule has 0 saturated carbocycles. The Bertz CT molecular complexity index is 370. The highest BCUT2D eigenvalue weighted by molar-refractivity contribution is 8.13. The fourth-order valence-electron chi connectivity index (χ4n) is 1.02. The van der Waals surface area contributed by atoms with E-state index >= 15 is 0 Å². The van der Waals surface area contributed by atoms with Crippen LogP contribution in [0.15, 0.2) is 15.2 Å². The molecule has 9 heteroatoms. The minimum Gasteiger partial charge on any atom is -0.378 e. The van der Waals surface area contributed by atoms with Crippen molar-refractivity contribution in [2.75, 3.05) is 33.1 Å². The first-order chi connectivity index (χ1) is 9.67. The minimum absolute atomic E-state index is 0.326. The summed E-state index contributed by atoms with van der Waals surface area (Å²) in [6.45, 7) is 5.69. The van der Waals surface area contributed by atoms with Crippen molar-refractivity contribution in [1.29, 1.82) is 0 Å². The molecule has 3 N–H and O–H groups in total. The highest BCUT2D eigenvalue weighted by Gasteiger charge is 1.97. The second kappa shape index (κ2) is 12.8. The van der Waals surface area contributed by atoms with Crippen molar-refractivity contribution in [2.24, 2.45) is 15.2 Å². The zero-order chi connectivity index (χ0) is 15.2. The van der Waals surface area contributed by atoms with Gasteiger partial charge in [0.15, 0.2) is 10.3 Å². The van der Waals surface area contributed by atoms with Crippen LogP contribution in [0.5, 0.6) is 0 Å². The first-order valence-corrected chi connectivity index (χ1v) is 7.78. The molecule has 0 spiro atoms. The quantitative estimate of drug-likeness (QED) is 0.279. The number of methoxy groups -OCH3 is 1. The average molecular weight is 318 g/mol. The summed E-state index contributed by atoms with van der Waals surface area (Å²) in [5.74, 6) is 0. The van der Waals surface area contributed by atoms with Crippen LogP contribution in [0.2, 0.25) is 0 Å². The van der Waals surface area contributed by atoms with Gasteiger partial charge in [0.2, 0.25) is 0 Å². The summed E-state index contributed by atoms with van der Waals surface area (Å²) < 4.78 is 5.04. The van der Waals surface area contributed by atoms with Crippen molar-refractivity contribution in [2.45, 2.75) is 13.8 Å². The lowest BCUT2D eigenvalue weighted by atomic mass is 10.4. The molecular weight excluding hydrogens is 296 g/mol. The van der Waals surface area contributed by atoms with Crippen LogP contribution >= 0.6 is 24.0 Å². The Labute approximate surface area is 129 Å². The number of aliphatic imine (C=N–C) groups is 1. The highest BCUT2D eigenvalue weighted by atomic mass is 32.2. The molecule has 0 heterocycles. The molecule has 0 radical (unpaired) electrons. The molecule has 20 heavy (non-hydrogen) atoms. The number of nitrogens with zero attached hydrogens (tertiary/aromatic N) is 3. The minimum atomic E-state index is 0.326. The maximum atomic E-state index is 5.04. The lowest BCUT2D eigenvalue weighted by Gasteiger charge is -2.05. The van der Waals surface area contributed by atoms with Gasteiger partial charge in [-0.25, -0.2) is 0 Å². The van der Waals surface area contributed by atoms with Crippen molar-refractivity contribution in [3.63, 3.8) is 0 Å². The predicted molar refractivity (Wildman–Crippen MR) is 91.8 cm³/mol. The van der Waals surface area contributed by atoms with Crippen molar-refractivity contribution < 1.29 is 4.74 Å². The van der Waals surface area contributed by atoms with E-state index in [4.69, 9.17) is 17.0 Å². The number of nitrogens with one attached hydrogen (secondary N) is 3. The van der Waals surface area contributed by atoms with E-state index in [1.54, 1.807) is 13.3 Å². The van der Waals surface area contributed by atoms with Gasteiger partial charge in [0.25, 0.3) is 0 Å². The lowest BCUT2D eigenvalue weighted by molar-refractivity contribution is 0.246. The van der Waals surface area contributed by atoms with Crippen LogP contribution in [0, 0.1) is 0 Å². The average Bonchev–Trinajstić information content (AvgIpc) is 2.44. The number of ether oxygens (including phenoxy) is 1. The van der Waals surface area contributed by atoms with Gasteiger partial charge < -0.3 is 10.1 Å². The van der Waals surface area contributed by atoms with Crippen molar-refractivity contribution >= 4 is 46.2 Å². The SMILES string of the molecule is CCN=C(N/N=C/C(COC)=N/NC(=S)NCC)SC. The van der Waals surface area contributed by atoms with Gasteiger partial charge in [-0.3, -0.25) is 15.8 Å². The molecule has 0 fully saturated rings. The first kappa shape index (κ1) is 18.8. The zero-order valence-corrected chi connectivity index (χ0v) is 13.9. The third kappa shape index (κ3) is 9.70. The number of thiocarbonyl (C=S) groups is 1. The Hall–Kier alpha value is -1.19. The van der Waals surface area contributed by atoms with E-state index in [2.05, 4.69) is 31.4 Å². The van der Waals surface area contributed by atoms with E-state index in [0.29, 0.717) is 24.0 Å². The molecule has 0 atom stereocenters. The Kier molecular flexibility index (Phi) is 12.1. The van der Waals surface area contributed by atoms with Crippen LogP contribution in [-0.4, -0.2) is 55.3 Å². The predicted octanol–water partition coefficient (Wildman–Crippen LogP) is 0.787. The van der Waals surface area contributed by atoms with Crippen LogP contribution in [0.3, 0.4) is 0 Å². The van der Waals surface area contributed by atoms with Crippen LogP contribution in [0.1, 0.15) is 13.8 Å². The molecule has 0 bridgehead atoms. The summed E-state index contributed by atoms with van der Waals surface area (Å²) in [4.78, 5) is 4.22. The maximum Gasteiger partial charge on any atom is 0.186 e. The van der Waals surface area contributed by atoms with Crippen LogP contribution in [0.25, 0.3) is 0 Å². The summed E-state index contributed by atoms with van der Waals surface area (Å²) in [6, 6.07) is 0. The molecule has 0 aliphatic rings. The second-order valence-electron chi connectivity index (χ2n) is 3.36. The Morgan fingerprint density at radius 2 is 2.10 bits per heavy atom. The fourth-order valence-corrected chi connectivity index (χ4v) is 1.61. The Balaban J connectivity index is 4.48. The normalized spacial score (nSPS) is 12.6. The van der Waals surface area contributed by atoms with Gasteiger partial charge >= 0.3 is 0 Å². The zero-order valence-electron chi connectivity index (χ0n) is 12.3. The molecule has 0 aromatic rings. The van der Waals surface area contributed by atoms with Gasteiger partial charge in [-0.05, 0) is 32.3 Å². The molecular formula is C11H22N6OS2. The largest absolute Gasteiger partial charge is 0.378 e. The topological polar surface area (TPSA) is 82.4 Å². The molecule has 0 aromatic heterocycles. The molecule has 0 aliphatic carbocycles. The van der Waals surface area contributed by atoms with Gasteiger partial charge in [-0.15, -0.1) is 0 Å². The van der Waals surface area contributed by atoms with Crippen molar-refractivity contribution in [3.8, 4) is 0 Å². The summed E-state index contributed by atoms with van der Waals surface area (Å²) in [6.07, 6.45) is 3.49. The lowest BCUT2D eigenvalue weighted by Crippen LogP contribution is -2.33. The maximum absolute atomic E-state index is 5.04. The number of thioether (sulfide) groups is 1. The molecule has 0 amide bonds. The Morgan fingerprint density at radius 3 is 2.65 bits per heavy atom. The van der Waals surface area contributed by atoms with E-state index in [1.165, 1.54) is 11.8 Å². The molecule has 7 nitrogen and oxygen atoms in total. The van der Waals surface area contributed by atoms with Gasteiger partial charge in [-0.2, -0.15) is 10.2 Å². The van der Waals surface area contributed by atoms with Crippen LogP contribution in [0.4, 0.5) is 0 Å². The number of hydrogen-bond acceptors (Lipinski definition) is 6. The molecule has 0 saturated heterocycles. The third-order valence-electron chi connectivity index (χ3n) is 1.80. The van der Waals surface area contributed by atoms with E-state index in [9.17, 15) is 0 Å². The summed E-state index contributed by atoms with van der Waals surface area (Å²) >= 11 is 6.50. The molecule has 0 rings (SSSR count). The van der Waals surface area contributed by atoms with E-state index in [1.807, 2.05) is 20.1 Å². The second-order valence-corrected chi connectivity index (χ2v) is 4.56. The molecule has 114 valence electrons. The smallest absolute Gasteiger partial charge is 0.186 e. The van der Waals surface area contributed by atoms with Crippen molar-refractivity contribution in [1.82, 2.24) is 16.2 Å². The highest BCUT2D eigenvalue weighted by Crippen LogP contribution is 1.94. The van der Waals surface area contributed by atoms with E-state index in [-0.39, 0.29) is 0 Å². The number of amidine groups is 1. The number of hydrogen-bond donors (Lipinski definition) is 3. The van der Waals surface area contributed by atoms with Gasteiger partial charge in [0, 0.05) is 20.2 Å². The first-order valence-electron chi connectivity index (χ1n) is 6.14. The fraction of sp³-hybridized carbons (Fsp3) is 0.636. The number of hydrazone groups is 2. The van der Waals surface area contributed by atoms with E-state index in [0.717, 1.165) is 11.7 Å². The number of rotatable bonds is 7. The van der Waals surface area contributed by atoms with Gasteiger partial charge in [-0.1, -0.05) is 11.8 Å². The summed E-state index contributed by atoms with van der Waals surface area (Å²) in [5, 5.41) is 12.3. The Morgan fingerprint density at radius 1 is 1.35 bits per heavy atom. The van der Waals surface area contributed by atoms with Crippen molar-refractivity contribution in [3.05, 3.63) is 0 Å². The van der Waals surface area contributed by atoms with Crippen LogP contribution < -0.4 is 16.2 Å². The monoisotopic (exact) mass is 318 g/mol. The molecule has 0 unspecified atom stereocenters. The van der Waals surface area contributed by atoms with Gasteiger partial charge in [0.1, 0.15) is 5.71 Å². The van der Waals surface area contributed by atoms with E-state index < -0.39 is 0 Å². The standard InChI is InChI=1S/C11H22N6OS2/c1-5-12-10(19)16-15-9(8-18-3)7-14-17-11(20-4)13-6-2/h7H,5-6,8H2,1-4H3,(H,13,17)(H2,12,16,19)/b14-7+,15-9-.